The predicted octanol–water partition coefficient (Wildman–Crippen LogP) is 4.12. The van der Waals surface area contributed by atoms with Crippen LogP contribution in [0.3, 0.4) is 0 Å². The quantitative estimate of drug-likeness (QED) is 0.463. The van der Waals surface area contributed by atoms with Crippen LogP contribution in [0.1, 0.15) is 11.3 Å². The van der Waals surface area contributed by atoms with Gasteiger partial charge >= 0.3 is 5.97 Å². The normalized spacial score (nSPS) is 10.7. The van der Waals surface area contributed by atoms with E-state index in [-0.39, 0.29) is 6.61 Å². The third-order valence-corrected chi connectivity index (χ3v) is 3.81. The molecule has 0 saturated carbocycles. The molecule has 3 aromatic rings. The molecule has 0 fully saturated rings. The Hall–Kier alpha value is -3.54. The molecule has 0 saturated heterocycles. The van der Waals surface area contributed by atoms with Gasteiger partial charge in [-0.1, -0.05) is 47.6 Å². The molecule has 6 heteroatoms. The number of para-hydroxylation sites is 1. The summed E-state index contributed by atoms with van der Waals surface area (Å²) < 4.78 is 21.0. The summed E-state index contributed by atoms with van der Waals surface area (Å²) in [5, 5.41) is 3.92. The highest BCUT2D eigenvalue weighted by molar-refractivity contribution is 5.87. The van der Waals surface area contributed by atoms with E-state index in [2.05, 4.69) is 5.16 Å². The summed E-state index contributed by atoms with van der Waals surface area (Å²) in [5.41, 5.74) is 2.16. The summed E-state index contributed by atoms with van der Waals surface area (Å²) in [6, 6.07) is 16.7. The Morgan fingerprint density at radius 2 is 1.89 bits per heavy atom. The van der Waals surface area contributed by atoms with E-state index in [1.165, 1.54) is 6.08 Å². The zero-order valence-electron chi connectivity index (χ0n) is 15.0. The second kappa shape index (κ2) is 8.71. The van der Waals surface area contributed by atoms with Gasteiger partial charge in [-0.25, -0.2) is 4.79 Å². The Bertz CT molecular complexity index is 931. The van der Waals surface area contributed by atoms with Gasteiger partial charge in [0.1, 0.15) is 12.3 Å². The fourth-order valence-electron chi connectivity index (χ4n) is 2.51. The van der Waals surface area contributed by atoms with Crippen LogP contribution in [0.5, 0.6) is 11.5 Å². The van der Waals surface area contributed by atoms with E-state index in [4.69, 9.17) is 18.7 Å². The summed E-state index contributed by atoms with van der Waals surface area (Å²) in [6.45, 7) is 0.0226. The van der Waals surface area contributed by atoms with Crippen molar-refractivity contribution in [2.75, 3.05) is 14.2 Å². The first-order valence-corrected chi connectivity index (χ1v) is 8.28. The first-order chi connectivity index (χ1) is 13.2. The monoisotopic (exact) mass is 365 g/mol. The molecule has 2 aromatic carbocycles. The van der Waals surface area contributed by atoms with Crippen molar-refractivity contribution < 1.29 is 23.5 Å². The zero-order valence-corrected chi connectivity index (χ0v) is 15.0. The molecule has 0 spiro atoms. The van der Waals surface area contributed by atoms with E-state index in [1.54, 1.807) is 32.4 Å². The van der Waals surface area contributed by atoms with Crippen molar-refractivity contribution in [1.29, 1.82) is 0 Å². The van der Waals surface area contributed by atoms with Crippen molar-refractivity contribution in [3.63, 3.8) is 0 Å². The van der Waals surface area contributed by atoms with Crippen LogP contribution < -0.4 is 9.47 Å². The Morgan fingerprint density at radius 1 is 1.07 bits per heavy atom. The number of esters is 1. The Labute approximate surface area is 157 Å². The molecule has 0 N–H and O–H groups in total. The molecule has 1 aromatic heterocycles. The van der Waals surface area contributed by atoms with Gasteiger partial charge in [-0.05, 0) is 12.1 Å². The topological polar surface area (TPSA) is 70.8 Å². The number of ether oxygens (including phenoxy) is 3. The van der Waals surface area contributed by atoms with Crippen molar-refractivity contribution in [2.45, 2.75) is 6.61 Å². The Morgan fingerprint density at radius 3 is 2.63 bits per heavy atom. The van der Waals surface area contributed by atoms with Crippen molar-refractivity contribution >= 4 is 12.0 Å². The molecule has 0 aliphatic heterocycles. The largest absolute Gasteiger partial charge is 0.493 e. The first kappa shape index (κ1) is 18.3. The minimum absolute atomic E-state index is 0.0226. The number of benzene rings is 2. The van der Waals surface area contributed by atoms with Gasteiger partial charge in [0.2, 0.25) is 0 Å². The molecule has 3 rings (SSSR count). The van der Waals surface area contributed by atoms with Crippen LogP contribution in [0.4, 0.5) is 0 Å². The Kier molecular flexibility index (Phi) is 5.89. The number of hydrogen-bond donors (Lipinski definition) is 0. The molecule has 6 nitrogen and oxygen atoms in total. The lowest BCUT2D eigenvalue weighted by molar-refractivity contribution is -0.139. The van der Waals surface area contributed by atoms with E-state index in [0.717, 1.165) is 5.56 Å². The molecular weight excluding hydrogens is 346 g/mol. The number of carbonyl (C=O) groups excluding carboxylic acids is 1. The van der Waals surface area contributed by atoms with Crippen LogP contribution >= 0.6 is 0 Å². The molecule has 0 aliphatic carbocycles. The van der Waals surface area contributed by atoms with E-state index in [1.807, 2.05) is 42.5 Å². The van der Waals surface area contributed by atoms with Crippen LogP contribution in [-0.4, -0.2) is 25.3 Å². The number of aromatic nitrogens is 1. The van der Waals surface area contributed by atoms with Crippen molar-refractivity contribution in [1.82, 2.24) is 5.16 Å². The standard InChI is InChI=1S/C21H19NO5/c1-24-18-10-6-9-16(21(18)25-2)11-12-20(23)26-14-17-13-19(27-22-17)15-7-4-3-5-8-15/h3-13H,14H2,1-2H3/b12-11+. The SMILES string of the molecule is COc1cccc(/C=C/C(=O)OCc2cc(-c3ccccc3)on2)c1OC. The molecule has 1 heterocycles. The van der Waals surface area contributed by atoms with Gasteiger partial charge in [0.05, 0.1) is 14.2 Å². The van der Waals surface area contributed by atoms with E-state index in [0.29, 0.717) is 28.5 Å². The van der Waals surface area contributed by atoms with E-state index < -0.39 is 5.97 Å². The lowest BCUT2D eigenvalue weighted by Gasteiger charge is -2.09. The van der Waals surface area contributed by atoms with Gasteiger partial charge in [-0.2, -0.15) is 0 Å². The number of nitrogens with zero attached hydrogens (tertiary/aromatic N) is 1. The average Bonchev–Trinajstić information content (AvgIpc) is 3.20. The van der Waals surface area contributed by atoms with Crippen molar-refractivity contribution in [3.8, 4) is 22.8 Å². The fourth-order valence-corrected chi connectivity index (χ4v) is 2.51. The van der Waals surface area contributed by atoms with Crippen LogP contribution in [0.15, 0.2) is 65.2 Å². The highest BCUT2D eigenvalue weighted by Gasteiger charge is 2.09. The molecular formula is C21H19NO5. The second-order valence-electron chi connectivity index (χ2n) is 5.57. The predicted molar refractivity (Wildman–Crippen MR) is 100 cm³/mol. The molecule has 27 heavy (non-hydrogen) atoms. The van der Waals surface area contributed by atoms with Crippen LogP contribution in [0.25, 0.3) is 17.4 Å². The summed E-state index contributed by atoms with van der Waals surface area (Å²) in [7, 11) is 3.10. The third-order valence-electron chi connectivity index (χ3n) is 3.81. The van der Waals surface area contributed by atoms with Gasteiger partial charge in [0.25, 0.3) is 0 Å². The Balaban J connectivity index is 1.61. The number of rotatable bonds is 7. The summed E-state index contributed by atoms with van der Waals surface area (Å²) in [5.74, 6) is 1.26. The second-order valence-corrected chi connectivity index (χ2v) is 5.57. The lowest BCUT2D eigenvalue weighted by atomic mass is 10.1. The summed E-state index contributed by atoms with van der Waals surface area (Å²) >= 11 is 0. The number of hydrogen-bond acceptors (Lipinski definition) is 6. The van der Waals surface area contributed by atoms with E-state index in [9.17, 15) is 4.79 Å². The number of carbonyl (C=O) groups is 1. The minimum Gasteiger partial charge on any atom is -0.493 e. The minimum atomic E-state index is -0.496. The maximum Gasteiger partial charge on any atom is 0.331 e. The average molecular weight is 365 g/mol. The number of methoxy groups -OCH3 is 2. The highest BCUT2D eigenvalue weighted by atomic mass is 16.5. The van der Waals surface area contributed by atoms with Crippen molar-refractivity contribution in [2.24, 2.45) is 0 Å². The first-order valence-electron chi connectivity index (χ1n) is 8.28. The molecule has 0 unspecified atom stereocenters. The zero-order chi connectivity index (χ0) is 19.1. The van der Waals surface area contributed by atoms with Gasteiger partial charge in [0, 0.05) is 23.3 Å². The molecule has 0 aliphatic rings. The van der Waals surface area contributed by atoms with Gasteiger partial charge in [-0.3, -0.25) is 0 Å². The van der Waals surface area contributed by atoms with Crippen molar-refractivity contribution in [3.05, 3.63) is 71.9 Å². The maximum absolute atomic E-state index is 12.0. The fraction of sp³-hybridized carbons (Fsp3) is 0.143. The highest BCUT2D eigenvalue weighted by Crippen LogP contribution is 2.31. The third kappa shape index (κ3) is 4.55. The van der Waals surface area contributed by atoms with Crippen LogP contribution in [0.2, 0.25) is 0 Å². The van der Waals surface area contributed by atoms with Crippen LogP contribution in [-0.2, 0) is 16.1 Å². The van der Waals surface area contributed by atoms with E-state index >= 15 is 0 Å². The summed E-state index contributed by atoms with van der Waals surface area (Å²) in [6.07, 6.45) is 2.94. The summed E-state index contributed by atoms with van der Waals surface area (Å²) in [4.78, 5) is 12.0. The van der Waals surface area contributed by atoms with Gasteiger partial charge in [0.15, 0.2) is 17.3 Å². The molecule has 0 radical (unpaired) electrons. The van der Waals surface area contributed by atoms with Gasteiger partial charge < -0.3 is 18.7 Å². The molecule has 0 atom stereocenters. The lowest BCUT2D eigenvalue weighted by Crippen LogP contribution is -2.01. The maximum atomic E-state index is 12.0. The molecule has 138 valence electrons. The smallest absolute Gasteiger partial charge is 0.331 e. The van der Waals surface area contributed by atoms with Crippen LogP contribution in [0, 0.1) is 0 Å². The van der Waals surface area contributed by atoms with Gasteiger partial charge in [-0.15, -0.1) is 0 Å². The molecule has 0 bridgehead atoms. The molecule has 0 amide bonds.